The van der Waals surface area contributed by atoms with Crippen molar-refractivity contribution in [2.75, 3.05) is 16.4 Å². The molecule has 0 spiro atoms. The van der Waals surface area contributed by atoms with E-state index >= 15 is 0 Å². The van der Waals surface area contributed by atoms with E-state index in [0.717, 1.165) is 0 Å². The molecule has 1 atom stereocenters. The molecule has 3 aromatic rings. The van der Waals surface area contributed by atoms with Gasteiger partial charge in [-0.25, -0.2) is 23.2 Å². The molecule has 3 rings (SSSR count). The average molecular weight is 538 g/mol. The molecule has 0 aliphatic rings. The molecular formula is C22H21Cl2N5O5S. The summed E-state index contributed by atoms with van der Waals surface area (Å²) in [6.07, 6.45) is 4.34. The van der Waals surface area contributed by atoms with Gasteiger partial charge in [0.1, 0.15) is 11.9 Å². The first-order valence-electron chi connectivity index (χ1n) is 10.3. The summed E-state index contributed by atoms with van der Waals surface area (Å²) in [5.74, 6) is -1.70. The molecule has 0 unspecified atom stereocenters. The summed E-state index contributed by atoms with van der Waals surface area (Å²) in [6, 6.07) is 6.82. The lowest BCUT2D eigenvalue weighted by Crippen LogP contribution is -2.32. The predicted octanol–water partition coefficient (Wildman–Crippen LogP) is 3.72. The summed E-state index contributed by atoms with van der Waals surface area (Å²) in [6.45, 7) is 1.72. The van der Waals surface area contributed by atoms with Crippen LogP contribution in [-0.4, -0.2) is 52.1 Å². The Balaban J connectivity index is 1.70. The van der Waals surface area contributed by atoms with Crippen LogP contribution in [0.25, 0.3) is 0 Å². The molecule has 184 valence electrons. The molecule has 1 amide bonds. The second kappa shape index (κ2) is 11.4. The number of halogens is 2. The summed E-state index contributed by atoms with van der Waals surface area (Å²) >= 11 is 12.0. The Hall–Kier alpha value is -3.28. The molecule has 0 aliphatic carbocycles. The summed E-state index contributed by atoms with van der Waals surface area (Å²) in [7, 11) is -3.65. The number of carbonyl (C=O) groups is 2. The van der Waals surface area contributed by atoms with E-state index in [1.807, 2.05) is 0 Å². The third kappa shape index (κ3) is 6.87. The van der Waals surface area contributed by atoms with E-state index in [0.29, 0.717) is 17.7 Å². The number of anilines is 2. The predicted molar refractivity (Wildman–Crippen MR) is 132 cm³/mol. The van der Waals surface area contributed by atoms with Crippen molar-refractivity contribution in [1.29, 1.82) is 0 Å². The fraction of sp³-hybridized carbons (Fsp3) is 0.227. The first-order chi connectivity index (χ1) is 16.6. The average Bonchev–Trinajstić information content (AvgIpc) is 2.80. The van der Waals surface area contributed by atoms with Crippen LogP contribution < -0.4 is 10.6 Å². The highest BCUT2D eigenvalue weighted by molar-refractivity contribution is 7.91. The van der Waals surface area contributed by atoms with Gasteiger partial charge in [0.25, 0.3) is 5.91 Å². The number of aliphatic carboxylic acids is 1. The lowest BCUT2D eigenvalue weighted by molar-refractivity contribution is -0.137. The van der Waals surface area contributed by atoms with E-state index in [1.54, 1.807) is 31.2 Å². The minimum atomic E-state index is -3.65. The van der Waals surface area contributed by atoms with E-state index in [2.05, 4.69) is 25.6 Å². The number of carbonyl (C=O) groups excluding carboxylic acids is 1. The van der Waals surface area contributed by atoms with Crippen LogP contribution in [0.5, 0.6) is 0 Å². The molecule has 0 saturated carbocycles. The standard InChI is InChI=1S/C22H21Cl2N5O5S/c1-2-9-35(33,34)22-26-8-7-18(29-22)28-17(21(31)32)10-13-3-5-14(6-4-13)27-20(30)19-15(23)11-25-12-16(19)24/h3-8,11-12,17H,2,9-10H2,1H3,(H,27,30)(H,31,32)(H,26,28,29)/t17-/m0/s1. The number of nitrogens with zero attached hydrogens (tertiary/aromatic N) is 3. The van der Waals surface area contributed by atoms with Gasteiger partial charge in [-0.2, -0.15) is 0 Å². The molecule has 0 radical (unpaired) electrons. The topological polar surface area (TPSA) is 151 Å². The molecule has 10 nitrogen and oxygen atoms in total. The number of hydrogen-bond donors (Lipinski definition) is 3. The molecule has 35 heavy (non-hydrogen) atoms. The maximum Gasteiger partial charge on any atom is 0.326 e. The highest BCUT2D eigenvalue weighted by Crippen LogP contribution is 2.24. The number of amides is 1. The van der Waals surface area contributed by atoms with Crippen molar-refractivity contribution in [2.45, 2.75) is 31.0 Å². The van der Waals surface area contributed by atoms with Crippen LogP contribution in [0.4, 0.5) is 11.5 Å². The molecule has 13 heteroatoms. The number of sulfone groups is 1. The van der Waals surface area contributed by atoms with E-state index in [4.69, 9.17) is 23.2 Å². The smallest absolute Gasteiger partial charge is 0.326 e. The highest BCUT2D eigenvalue weighted by atomic mass is 35.5. The fourth-order valence-electron chi connectivity index (χ4n) is 3.09. The number of pyridine rings is 1. The molecule has 0 saturated heterocycles. The Kier molecular flexibility index (Phi) is 8.60. The second-order valence-corrected chi connectivity index (χ2v) is 10.2. The van der Waals surface area contributed by atoms with Crippen molar-refractivity contribution >= 4 is 56.4 Å². The maximum atomic E-state index is 12.5. The lowest BCUT2D eigenvalue weighted by Gasteiger charge is -2.16. The van der Waals surface area contributed by atoms with Gasteiger partial charge in [-0.1, -0.05) is 42.3 Å². The lowest BCUT2D eigenvalue weighted by atomic mass is 10.1. The van der Waals surface area contributed by atoms with Gasteiger partial charge in [0, 0.05) is 30.7 Å². The molecular weight excluding hydrogens is 517 g/mol. The largest absolute Gasteiger partial charge is 0.480 e. The number of hydrogen-bond acceptors (Lipinski definition) is 8. The number of nitrogens with one attached hydrogen (secondary N) is 2. The van der Waals surface area contributed by atoms with Crippen LogP contribution in [-0.2, 0) is 21.1 Å². The van der Waals surface area contributed by atoms with Gasteiger partial charge >= 0.3 is 5.97 Å². The van der Waals surface area contributed by atoms with Crippen molar-refractivity contribution in [2.24, 2.45) is 0 Å². The van der Waals surface area contributed by atoms with Gasteiger partial charge < -0.3 is 15.7 Å². The van der Waals surface area contributed by atoms with Gasteiger partial charge in [0.2, 0.25) is 15.0 Å². The van der Waals surface area contributed by atoms with Gasteiger partial charge in [0.05, 0.1) is 21.4 Å². The van der Waals surface area contributed by atoms with E-state index < -0.39 is 27.8 Å². The second-order valence-electron chi connectivity index (χ2n) is 7.41. The first-order valence-corrected chi connectivity index (χ1v) is 12.8. The minimum absolute atomic E-state index is 0.0621. The summed E-state index contributed by atoms with van der Waals surface area (Å²) in [5.41, 5.74) is 1.19. The van der Waals surface area contributed by atoms with Crippen molar-refractivity contribution < 1.29 is 23.1 Å². The van der Waals surface area contributed by atoms with Crippen molar-refractivity contribution in [1.82, 2.24) is 15.0 Å². The highest BCUT2D eigenvalue weighted by Gasteiger charge is 2.22. The Bertz CT molecular complexity index is 1320. The van der Waals surface area contributed by atoms with E-state index in [-0.39, 0.29) is 38.8 Å². The van der Waals surface area contributed by atoms with Crippen LogP contribution >= 0.6 is 23.2 Å². The van der Waals surface area contributed by atoms with E-state index in [9.17, 15) is 23.1 Å². The number of rotatable bonds is 10. The normalized spacial score (nSPS) is 12.1. The maximum absolute atomic E-state index is 12.5. The molecule has 2 aromatic heterocycles. The minimum Gasteiger partial charge on any atom is -0.480 e. The van der Waals surface area contributed by atoms with Gasteiger partial charge in [-0.05, 0) is 30.2 Å². The zero-order valence-electron chi connectivity index (χ0n) is 18.4. The number of carboxylic acid groups (broad SMARTS) is 1. The molecule has 2 heterocycles. The number of aromatic nitrogens is 3. The third-order valence-electron chi connectivity index (χ3n) is 4.74. The molecule has 0 aliphatic heterocycles. The first kappa shape index (κ1) is 26.3. The molecule has 0 bridgehead atoms. The monoisotopic (exact) mass is 537 g/mol. The molecule has 0 fully saturated rings. The van der Waals surface area contributed by atoms with Gasteiger partial charge in [-0.15, -0.1) is 0 Å². The van der Waals surface area contributed by atoms with Crippen LogP contribution in [0, 0.1) is 0 Å². The van der Waals surface area contributed by atoms with Crippen LogP contribution in [0.15, 0.2) is 54.1 Å². The van der Waals surface area contributed by atoms with Gasteiger partial charge in [0.15, 0.2) is 0 Å². The Morgan fingerprint density at radius 1 is 1.09 bits per heavy atom. The SMILES string of the molecule is CCCS(=O)(=O)c1nccc(N[C@@H](Cc2ccc(NC(=O)c3c(Cl)cncc3Cl)cc2)C(=O)O)n1. The van der Waals surface area contributed by atoms with Crippen LogP contribution in [0.1, 0.15) is 29.3 Å². The van der Waals surface area contributed by atoms with E-state index in [1.165, 1.54) is 24.7 Å². The Labute approximate surface area is 211 Å². The quantitative estimate of drug-likeness (QED) is 0.328. The van der Waals surface area contributed by atoms with Crippen molar-refractivity contribution in [3.8, 4) is 0 Å². The summed E-state index contributed by atoms with van der Waals surface area (Å²) in [4.78, 5) is 35.9. The van der Waals surface area contributed by atoms with Crippen molar-refractivity contribution in [3.05, 3.63) is 70.1 Å². The third-order valence-corrected chi connectivity index (χ3v) is 7.01. The summed E-state index contributed by atoms with van der Waals surface area (Å²) < 4.78 is 24.4. The fourth-order valence-corrected chi connectivity index (χ4v) is 4.81. The number of benzene rings is 1. The van der Waals surface area contributed by atoms with Crippen molar-refractivity contribution in [3.63, 3.8) is 0 Å². The zero-order chi connectivity index (χ0) is 25.6. The number of carboxylic acids is 1. The Morgan fingerprint density at radius 2 is 1.74 bits per heavy atom. The van der Waals surface area contributed by atoms with Crippen LogP contribution in [0.3, 0.4) is 0 Å². The summed E-state index contributed by atoms with van der Waals surface area (Å²) in [5, 5.41) is 14.9. The molecule has 1 aromatic carbocycles. The van der Waals surface area contributed by atoms with Gasteiger partial charge in [-0.3, -0.25) is 9.78 Å². The van der Waals surface area contributed by atoms with Crippen LogP contribution in [0.2, 0.25) is 10.0 Å². The molecule has 3 N–H and O–H groups in total. The Morgan fingerprint density at radius 3 is 2.34 bits per heavy atom. The zero-order valence-corrected chi connectivity index (χ0v) is 20.7.